The summed E-state index contributed by atoms with van der Waals surface area (Å²) in [5, 5.41) is 12.5. The molecule has 0 radical (unpaired) electrons. The van der Waals surface area contributed by atoms with Crippen molar-refractivity contribution in [2.24, 2.45) is 5.73 Å². The number of hydrogen-bond acceptors (Lipinski definition) is 6. The van der Waals surface area contributed by atoms with E-state index in [-0.39, 0.29) is 5.56 Å². The van der Waals surface area contributed by atoms with Crippen LogP contribution in [0.1, 0.15) is 42.4 Å². The Kier molecular flexibility index (Phi) is 5.45. The second kappa shape index (κ2) is 8.57. The Morgan fingerprint density at radius 2 is 1.88 bits per heavy atom. The van der Waals surface area contributed by atoms with Crippen LogP contribution in [0.25, 0.3) is 16.7 Å². The number of primary amides is 1. The quantitative estimate of drug-likeness (QED) is 0.472. The predicted octanol–water partition coefficient (Wildman–Crippen LogP) is 2.77. The van der Waals surface area contributed by atoms with Gasteiger partial charge in [0.25, 0.3) is 11.5 Å². The summed E-state index contributed by atoms with van der Waals surface area (Å²) in [6.45, 7) is 4.69. The lowest BCUT2D eigenvalue weighted by molar-refractivity contribution is 0.100. The van der Waals surface area contributed by atoms with Crippen LogP contribution >= 0.6 is 0 Å². The molecule has 9 heteroatoms. The number of anilines is 2. The summed E-state index contributed by atoms with van der Waals surface area (Å²) in [6, 6.07) is 13.2. The molecule has 3 N–H and O–H groups in total. The van der Waals surface area contributed by atoms with Gasteiger partial charge < -0.3 is 16.0 Å². The molecule has 1 fully saturated rings. The van der Waals surface area contributed by atoms with E-state index in [1.165, 1.54) is 6.42 Å². The van der Waals surface area contributed by atoms with E-state index in [0.717, 1.165) is 37.1 Å². The smallest absolute Gasteiger partial charge is 0.262 e. The zero-order valence-electron chi connectivity index (χ0n) is 18.6. The van der Waals surface area contributed by atoms with Crippen molar-refractivity contribution in [3.05, 3.63) is 64.2 Å². The molecule has 0 spiro atoms. The third-order valence-corrected chi connectivity index (χ3v) is 6.32. The molecule has 2 aromatic heterocycles. The largest absolute Gasteiger partial charge is 0.377 e. The van der Waals surface area contributed by atoms with Gasteiger partial charge in [0.05, 0.1) is 23.0 Å². The third kappa shape index (κ3) is 3.69. The highest BCUT2D eigenvalue weighted by molar-refractivity contribution is 5.99. The zero-order valence-corrected chi connectivity index (χ0v) is 18.6. The molecule has 1 aliphatic rings. The summed E-state index contributed by atoms with van der Waals surface area (Å²) < 4.78 is 3.50. The molecule has 3 heterocycles. The van der Waals surface area contributed by atoms with Gasteiger partial charge in [0.15, 0.2) is 5.82 Å². The molecule has 170 valence electrons. The first-order chi connectivity index (χ1) is 16.1. The van der Waals surface area contributed by atoms with Crippen molar-refractivity contribution in [2.45, 2.75) is 39.3 Å². The second-order valence-electron chi connectivity index (χ2n) is 8.31. The average Bonchev–Trinajstić information content (AvgIpc) is 3.27. The Morgan fingerprint density at radius 1 is 1.09 bits per heavy atom. The number of carbonyl (C=O) groups excluding carboxylic acids is 1. The molecule has 0 bridgehead atoms. The number of carbonyl (C=O) groups is 1. The molecule has 9 nitrogen and oxygen atoms in total. The van der Waals surface area contributed by atoms with Crippen LogP contribution in [0, 0.1) is 0 Å². The summed E-state index contributed by atoms with van der Waals surface area (Å²) in [7, 11) is 0. The lowest BCUT2D eigenvalue weighted by atomic mass is 10.1. The van der Waals surface area contributed by atoms with Gasteiger partial charge in [-0.05, 0) is 56.5 Å². The number of nitrogens with one attached hydrogen (secondary N) is 1. The molecule has 0 saturated carbocycles. The van der Waals surface area contributed by atoms with Gasteiger partial charge in [-0.1, -0.05) is 12.1 Å². The lowest BCUT2D eigenvalue weighted by Crippen LogP contribution is -2.29. The SMILES string of the molecule is CCn1c(=O)c2ccccc2n2c(CNc3ccc(N4CCCCC4)cc3C(N)=O)nnc12. The van der Waals surface area contributed by atoms with Crippen LogP contribution in [-0.2, 0) is 13.1 Å². The number of aryl methyl sites for hydroxylation is 1. The van der Waals surface area contributed by atoms with Crippen molar-refractivity contribution in [1.82, 2.24) is 19.2 Å². The normalized spacial score (nSPS) is 14.2. The number of piperidine rings is 1. The molecule has 0 atom stereocenters. The Balaban J connectivity index is 1.51. The number of nitrogens with two attached hydrogens (primary N) is 1. The molecule has 1 saturated heterocycles. The Morgan fingerprint density at radius 3 is 2.64 bits per heavy atom. The van der Waals surface area contributed by atoms with E-state index in [2.05, 4.69) is 20.4 Å². The number of para-hydroxylation sites is 1. The molecule has 2 aromatic carbocycles. The van der Waals surface area contributed by atoms with E-state index in [1.54, 1.807) is 4.57 Å². The van der Waals surface area contributed by atoms with Gasteiger partial charge in [0, 0.05) is 31.0 Å². The second-order valence-corrected chi connectivity index (χ2v) is 8.31. The summed E-state index contributed by atoms with van der Waals surface area (Å²) in [6.07, 6.45) is 3.55. The maximum Gasteiger partial charge on any atom is 0.262 e. The van der Waals surface area contributed by atoms with Crippen molar-refractivity contribution < 1.29 is 4.79 Å². The van der Waals surface area contributed by atoms with Crippen molar-refractivity contribution in [3.8, 4) is 0 Å². The monoisotopic (exact) mass is 445 g/mol. The summed E-state index contributed by atoms with van der Waals surface area (Å²) in [5.74, 6) is 0.653. The number of hydrogen-bond donors (Lipinski definition) is 2. The van der Waals surface area contributed by atoms with Gasteiger partial charge in [-0.25, -0.2) is 0 Å². The van der Waals surface area contributed by atoms with E-state index in [9.17, 15) is 9.59 Å². The minimum atomic E-state index is -0.479. The topological polar surface area (TPSA) is 111 Å². The zero-order chi connectivity index (χ0) is 22.9. The van der Waals surface area contributed by atoms with Gasteiger partial charge in [0.2, 0.25) is 5.78 Å². The molecule has 0 aliphatic carbocycles. The molecule has 1 amide bonds. The van der Waals surface area contributed by atoms with Gasteiger partial charge in [0.1, 0.15) is 0 Å². The van der Waals surface area contributed by atoms with Gasteiger partial charge in [-0.15, -0.1) is 10.2 Å². The standard InChI is InChI=1S/C24H27N7O2/c1-2-30-23(33)17-8-4-5-9-20(17)31-21(27-28-24(30)31)15-26-19-11-10-16(14-18(19)22(25)32)29-12-6-3-7-13-29/h4-5,8-11,14,26H,2-3,6-7,12-13,15H2,1H3,(H2,25,32). The van der Waals surface area contributed by atoms with Crippen LogP contribution in [0.15, 0.2) is 47.3 Å². The van der Waals surface area contributed by atoms with Gasteiger partial charge >= 0.3 is 0 Å². The first-order valence-electron chi connectivity index (χ1n) is 11.4. The van der Waals surface area contributed by atoms with Crippen LogP contribution in [0.3, 0.4) is 0 Å². The van der Waals surface area contributed by atoms with E-state index in [4.69, 9.17) is 5.73 Å². The molecule has 0 unspecified atom stereocenters. The van der Waals surface area contributed by atoms with Gasteiger partial charge in [-0.2, -0.15) is 0 Å². The van der Waals surface area contributed by atoms with Crippen molar-refractivity contribution in [3.63, 3.8) is 0 Å². The highest BCUT2D eigenvalue weighted by Gasteiger charge is 2.18. The lowest BCUT2D eigenvalue weighted by Gasteiger charge is -2.29. The molecular weight excluding hydrogens is 418 g/mol. The van der Waals surface area contributed by atoms with Crippen molar-refractivity contribution in [1.29, 1.82) is 0 Å². The van der Waals surface area contributed by atoms with Crippen LogP contribution < -0.4 is 21.5 Å². The maximum atomic E-state index is 12.9. The Hall–Kier alpha value is -3.88. The predicted molar refractivity (Wildman–Crippen MR) is 129 cm³/mol. The van der Waals surface area contributed by atoms with E-state index >= 15 is 0 Å². The van der Waals surface area contributed by atoms with E-state index < -0.39 is 5.91 Å². The summed E-state index contributed by atoms with van der Waals surface area (Å²) >= 11 is 0. The number of benzene rings is 2. The van der Waals surface area contributed by atoms with Crippen LogP contribution in [-0.4, -0.2) is 38.2 Å². The first kappa shape index (κ1) is 21.0. The first-order valence-corrected chi connectivity index (χ1v) is 11.4. The van der Waals surface area contributed by atoms with Gasteiger partial charge in [-0.3, -0.25) is 18.6 Å². The van der Waals surface area contributed by atoms with Crippen LogP contribution in [0.2, 0.25) is 0 Å². The average molecular weight is 446 g/mol. The number of amides is 1. The number of nitrogens with zero attached hydrogens (tertiary/aromatic N) is 5. The number of fused-ring (bicyclic) bond motifs is 3. The van der Waals surface area contributed by atoms with Crippen molar-refractivity contribution in [2.75, 3.05) is 23.3 Å². The number of rotatable bonds is 6. The highest BCUT2D eigenvalue weighted by atomic mass is 16.1. The molecule has 1 aliphatic heterocycles. The van der Waals surface area contributed by atoms with Crippen LogP contribution in [0.4, 0.5) is 11.4 Å². The minimum absolute atomic E-state index is 0.0863. The Labute approximate surface area is 190 Å². The number of aromatic nitrogens is 4. The highest BCUT2D eigenvalue weighted by Crippen LogP contribution is 2.26. The Bertz CT molecular complexity index is 1400. The van der Waals surface area contributed by atoms with Crippen molar-refractivity contribution >= 4 is 34.0 Å². The van der Waals surface area contributed by atoms with Crippen LogP contribution in [0.5, 0.6) is 0 Å². The molecule has 33 heavy (non-hydrogen) atoms. The molecule has 5 rings (SSSR count). The fourth-order valence-corrected chi connectivity index (χ4v) is 4.63. The fourth-order valence-electron chi connectivity index (χ4n) is 4.63. The molecular formula is C24H27N7O2. The van der Waals surface area contributed by atoms with E-state index in [1.807, 2.05) is 53.8 Å². The molecule has 4 aromatic rings. The fraction of sp³-hybridized carbons (Fsp3) is 0.333. The third-order valence-electron chi connectivity index (χ3n) is 6.32. The van der Waals surface area contributed by atoms with E-state index in [0.29, 0.717) is 41.3 Å². The maximum absolute atomic E-state index is 12.9. The minimum Gasteiger partial charge on any atom is -0.377 e. The summed E-state index contributed by atoms with van der Waals surface area (Å²) in [4.78, 5) is 27.4. The summed E-state index contributed by atoms with van der Waals surface area (Å²) in [5.41, 5.74) is 8.48.